The third kappa shape index (κ3) is 5.93. The van der Waals surface area contributed by atoms with Crippen molar-refractivity contribution in [3.05, 3.63) is 90.3 Å². The maximum atomic E-state index is 12.5. The summed E-state index contributed by atoms with van der Waals surface area (Å²) in [5.74, 6) is 4.28. The Kier molecular flexibility index (Phi) is 6.37. The highest BCUT2D eigenvalue weighted by Gasteiger charge is 2.08. The number of carbonyl (C=O) groups is 1. The fourth-order valence-corrected chi connectivity index (χ4v) is 4.13. The van der Waals surface area contributed by atoms with E-state index in [0.717, 1.165) is 28.1 Å². The quantitative estimate of drug-likeness (QED) is 0.428. The van der Waals surface area contributed by atoms with Crippen LogP contribution in [0.5, 0.6) is 0 Å². The van der Waals surface area contributed by atoms with Gasteiger partial charge in [0.1, 0.15) is 5.82 Å². The lowest BCUT2D eigenvalue weighted by Crippen LogP contribution is -2.14. The number of aromatic nitrogens is 4. The van der Waals surface area contributed by atoms with Crippen LogP contribution in [0.1, 0.15) is 17.0 Å². The molecule has 8 heteroatoms. The number of hydrogen-bond donors (Lipinski definition) is 1. The molecule has 0 aliphatic rings. The molecule has 0 radical (unpaired) electrons. The van der Waals surface area contributed by atoms with Gasteiger partial charge in [-0.3, -0.25) is 13.7 Å². The summed E-state index contributed by atoms with van der Waals surface area (Å²) in [7, 11) is -0.453. The van der Waals surface area contributed by atoms with Gasteiger partial charge in [0, 0.05) is 54.5 Å². The molecule has 1 amide bonds. The number of aryl methyl sites for hydroxylation is 1. The molecule has 0 bridgehead atoms. The van der Waals surface area contributed by atoms with E-state index in [1.54, 1.807) is 35.2 Å². The molecule has 168 valence electrons. The number of rotatable bonds is 7. The highest BCUT2D eigenvalue weighted by molar-refractivity contribution is 7.99. The molecule has 7 nitrogen and oxygen atoms in total. The molecule has 4 aromatic rings. The summed E-state index contributed by atoms with van der Waals surface area (Å²) in [6.45, 7) is 0. The number of amides is 1. The van der Waals surface area contributed by atoms with Gasteiger partial charge in [0.15, 0.2) is 0 Å². The largest absolute Gasteiger partial charge is 0.326 e. The van der Waals surface area contributed by atoms with Crippen molar-refractivity contribution < 1.29 is 9.00 Å². The minimum Gasteiger partial charge on any atom is -0.326 e. The number of anilines is 1. The first-order chi connectivity index (χ1) is 15.8. The Morgan fingerprint density at radius 2 is 1.76 bits per heavy atom. The van der Waals surface area contributed by atoms with Crippen LogP contribution in [0, 0.1) is 0 Å². The van der Waals surface area contributed by atoms with Gasteiger partial charge in [0.25, 0.3) is 0 Å². The molecule has 0 aliphatic carbocycles. The van der Waals surface area contributed by atoms with E-state index in [4.69, 9.17) is 0 Å². The Balaban J connectivity index is 1.37. The van der Waals surface area contributed by atoms with Crippen molar-refractivity contribution in [2.75, 3.05) is 11.6 Å². The first-order valence-corrected chi connectivity index (χ1v) is 12.5. The first-order valence-electron chi connectivity index (χ1n) is 10.4. The van der Waals surface area contributed by atoms with E-state index in [9.17, 15) is 9.00 Å². The maximum absolute atomic E-state index is 12.5. The van der Waals surface area contributed by atoms with Gasteiger partial charge in [0.05, 0.1) is 12.6 Å². The van der Waals surface area contributed by atoms with Crippen molar-refractivity contribution in [2.45, 2.75) is 17.7 Å². The number of nitrogens with zero attached hydrogens (tertiary/aromatic N) is 4. The fraction of sp³-hybridized carbons (Fsp3) is 0.160. The second-order valence-corrected chi connectivity index (χ2v) is 10.5. The smallest absolute Gasteiger partial charge is 0.228 e. The molecule has 4 rings (SSSR count). The van der Waals surface area contributed by atoms with Gasteiger partial charge in [-0.05, 0) is 50.3 Å². The number of hydrogen-bond acceptors (Lipinski definition) is 5. The Morgan fingerprint density at radius 3 is 2.39 bits per heavy atom. The van der Waals surface area contributed by atoms with Crippen molar-refractivity contribution in [1.29, 1.82) is 0 Å². The lowest BCUT2D eigenvalue weighted by Gasteiger charge is -2.09. The lowest BCUT2D eigenvalue weighted by atomic mass is 10.0. The normalized spacial score (nSPS) is 12.8. The second-order valence-electron chi connectivity index (χ2n) is 8.04. The standard InChI is InChI=1S/C25H25N5O2S/c1-30-17-19(14-28-30)11-24-26-15-21(16-27-24)20-9-7-18(8-10-20)12-25(31)29-22-5-4-6-23(13-22)33(2,3)32/h4-10,13-17H,2,11-12H2,1,3H3,(H,29,31). The molecule has 0 aliphatic heterocycles. The van der Waals surface area contributed by atoms with Crippen LogP contribution in [0.2, 0.25) is 0 Å². The van der Waals surface area contributed by atoms with Crippen LogP contribution in [0.4, 0.5) is 5.69 Å². The van der Waals surface area contributed by atoms with E-state index >= 15 is 0 Å². The highest BCUT2D eigenvalue weighted by atomic mass is 32.2. The predicted octanol–water partition coefficient (Wildman–Crippen LogP) is 3.35. The molecule has 2 heterocycles. The van der Waals surface area contributed by atoms with E-state index in [-0.39, 0.29) is 12.3 Å². The van der Waals surface area contributed by atoms with Gasteiger partial charge in [-0.1, -0.05) is 30.3 Å². The van der Waals surface area contributed by atoms with Gasteiger partial charge < -0.3 is 5.32 Å². The summed E-state index contributed by atoms with van der Waals surface area (Å²) < 4.78 is 13.9. The van der Waals surface area contributed by atoms with Crippen LogP contribution in [-0.4, -0.2) is 42.0 Å². The van der Waals surface area contributed by atoms with Crippen LogP contribution < -0.4 is 5.32 Å². The summed E-state index contributed by atoms with van der Waals surface area (Å²) in [6.07, 6.45) is 9.82. The topological polar surface area (TPSA) is 89.8 Å². The zero-order valence-corrected chi connectivity index (χ0v) is 19.4. The molecular formula is C25H25N5O2S. The van der Waals surface area contributed by atoms with E-state index in [1.807, 2.05) is 56.1 Å². The Labute approximate surface area is 193 Å². The monoisotopic (exact) mass is 459 g/mol. The van der Waals surface area contributed by atoms with Crippen molar-refractivity contribution in [3.8, 4) is 11.1 Å². The molecule has 0 saturated carbocycles. The van der Waals surface area contributed by atoms with Gasteiger partial charge in [-0.25, -0.2) is 9.97 Å². The van der Waals surface area contributed by atoms with Crippen molar-refractivity contribution in [3.63, 3.8) is 0 Å². The van der Waals surface area contributed by atoms with E-state index in [0.29, 0.717) is 17.0 Å². The summed E-state index contributed by atoms with van der Waals surface area (Å²) in [5, 5.41) is 7.02. The molecule has 0 fully saturated rings. The third-order valence-corrected chi connectivity index (χ3v) is 6.35. The number of nitrogens with one attached hydrogen (secondary N) is 1. The van der Waals surface area contributed by atoms with E-state index in [2.05, 4.69) is 26.3 Å². The molecule has 2 aromatic carbocycles. The zero-order chi connectivity index (χ0) is 23.4. The summed E-state index contributed by atoms with van der Waals surface area (Å²) in [5.41, 5.74) is 4.45. The highest BCUT2D eigenvalue weighted by Crippen LogP contribution is 2.20. The lowest BCUT2D eigenvalue weighted by molar-refractivity contribution is -0.115. The Hall–Kier alpha value is -3.78. The predicted molar refractivity (Wildman–Crippen MR) is 132 cm³/mol. The Morgan fingerprint density at radius 1 is 1.03 bits per heavy atom. The number of carbonyl (C=O) groups excluding carboxylic acids is 1. The molecule has 0 spiro atoms. The SMILES string of the molecule is C=S(C)(=O)c1cccc(NC(=O)Cc2ccc(-c3cnc(Cc4cnn(C)c4)nc3)cc2)c1. The van der Waals surface area contributed by atoms with Gasteiger partial charge in [-0.15, -0.1) is 0 Å². The average molecular weight is 460 g/mol. The third-order valence-electron chi connectivity index (χ3n) is 5.09. The van der Waals surface area contributed by atoms with Gasteiger partial charge in [0.2, 0.25) is 5.91 Å². The minimum absolute atomic E-state index is 0.144. The fourth-order valence-electron chi connectivity index (χ4n) is 3.39. The molecule has 2 aromatic heterocycles. The second kappa shape index (κ2) is 9.38. The van der Waals surface area contributed by atoms with Crippen LogP contribution in [0.15, 0.2) is 78.2 Å². The average Bonchev–Trinajstić information content (AvgIpc) is 3.19. The van der Waals surface area contributed by atoms with Crippen molar-refractivity contribution in [2.24, 2.45) is 7.05 Å². The maximum Gasteiger partial charge on any atom is 0.228 e. The van der Waals surface area contributed by atoms with Crippen molar-refractivity contribution in [1.82, 2.24) is 19.7 Å². The van der Waals surface area contributed by atoms with Crippen LogP contribution >= 0.6 is 0 Å². The summed E-state index contributed by atoms with van der Waals surface area (Å²) in [4.78, 5) is 22.0. The summed E-state index contributed by atoms with van der Waals surface area (Å²) >= 11 is 0. The zero-order valence-electron chi connectivity index (χ0n) is 18.6. The van der Waals surface area contributed by atoms with Gasteiger partial charge in [-0.2, -0.15) is 5.10 Å². The Bertz CT molecular complexity index is 1380. The van der Waals surface area contributed by atoms with Gasteiger partial charge >= 0.3 is 0 Å². The first kappa shape index (κ1) is 22.4. The number of benzene rings is 2. The molecule has 1 N–H and O–H groups in total. The van der Waals surface area contributed by atoms with Crippen molar-refractivity contribution >= 4 is 27.0 Å². The molecule has 1 unspecified atom stereocenters. The van der Waals surface area contributed by atoms with Crippen LogP contribution in [0.25, 0.3) is 11.1 Å². The summed E-state index contributed by atoms with van der Waals surface area (Å²) in [6, 6.07) is 14.7. The molecule has 33 heavy (non-hydrogen) atoms. The molecular weight excluding hydrogens is 434 g/mol. The molecule has 1 atom stereocenters. The minimum atomic E-state index is -2.33. The van der Waals surface area contributed by atoms with E-state index < -0.39 is 9.52 Å². The van der Waals surface area contributed by atoms with E-state index in [1.165, 1.54) is 0 Å². The molecule has 0 saturated heterocycles. The van der Waals surface area contributed by atoms with Crippen LogP contribution in [0.3, 0.4) is 0 Å². The van der Waals surface area contributed by atoms with Crippen LogP contribution in [-0.2, 0) is 34.2 Å².